The van der Waals surface area contributed by atoms with Gasteiger partial charge in [0.05, 0.1) is 17.5 Å². The van der Waals surface area contributed by atoms with Crippen LogP contribution in [0.15, 0.2) is 18.2 Å². The fourth-order valence-corrected chi connectivity index (χ4v) is 2.60. The van der Waals surface area contributed by atoms with Gasteiger partial charge in [-0.15, -0.1) is 0 Å². The highest BCUT2D eigenvalue weighted by Crippen LogP contribution is 2.22. The molecule has 0 bridgehead atoms. The number of carbonyl (C=O) groups excluding carboxylic acids is 2. The number of amides is 1. The molecule has 2 rings (SSSR count). The summed E-state index contributed by atoms with van der Waals surface area (Å²) in [7, 11) is 0. The minimum absolute atomic E-state index is 0.0507. The first-order valence-electron chi connectivity index (χ1n) is 7.53. The van der Waals surface area contributed by atoms with Crippen LogP contribution in [0.25, 0.3) is 0 Å². The molecule has 1 fully saturated rings. The lowest BCUT2D eigenvalue weighted by Crippen LogP contribution is -2.42. The molecule has 1 aromatic rings. The number of rotatable bonds is 5. The Hall–Kier alpha value is -1.82. The van der Waals surface area contributed by atoms with E-state index < -0.39 is 5.82 Å². The van der Waals surface area contributed by atoms with E-state index in [-0.39, 0.29) is 29.4 Å². The molecule has 0 spiro atoms. The zero-order chi connectivity index (χ0) is 16.8. The molecule has 1 aliphatic heterocycles. The molecule has 0 atom stereocenters. The normalized spacial score (nSPS) is 15.3. The molecule has 5 nitrogen and oxygen atoms in total. The van der Waals surface area contributed by atoms with E-state index in [0.29, 0.717) is 38.3 Å². The SMILES string of the molecule is CCOC(=O)C1CCN(C(=O)COc2ccc(F)c(Cl)c2)CC1. The summed E-state index contributed by atoms with van der Waals surface area (Å²) in [5, 5.41) is -0.0507. The van der Waals surface area contributed by atoms with Gasteiger partial charge in [-0.1, -0.05) is 11.6 Å². The Morgan fingerprint density at radius 1 is 1.35 bits per heavy atom. The summed E-state index contributed by atoms with van der Waals surface area (Å²) in [4.78, 5) is 25.4. The third-order valence-corrected chi connectivity index (χ3v) is 4.01. The summed E-state index contributed by atoms with van der Waals surface area (Å²) in [5.74, 6) is -0.710. The van der Waals surface area contributed by atoms with Crippen molar-refractivity contribution in [3.63, 3.8) is 0 Å². The lowest BCUT2D eigenvalue weighted by molar-refractivity contribution is -0.151. The van der Waals surface area contributed by atoms with Crippen molar-refractivity contribution in [1.29, 1.82) is 0 Å². The minimum Gasteiger partial charge on any atom is -0.484 e. The summed E-state index contributed by atoms with van der Waals surface area (Å²) < 4.78 is 23.4. The van der Waals surface area contributed by atoms with Crippen molar-refractivity contribution >= 4 is 23.5 Å². The predicted molar refractivity (Wildman–Crippen MR) is 82.8 cm³/mol. The van der Waals surface area contributed by atoms with E-state index >= 15 is 0 Å². The smallest absolute Gasteiger partial charge is 0.309 e. The van der Waals surface area contributed by atoms with Crippen LogP contribution in [-0.2, 0) is 14.3 Å². The molecular weight excluding hydrogens is 325 g/mol. The van der Waals surface area contributed by atoms with Crippen LogP contribution in [0.4, 0.5) is 4.39 Å². The number of likely N-dealkylation sites (tertiary alicyclic amines) is 1. The Morgan fingerprint density at radius 3 is 2.65 bits per heavy atom. The maximum Gasteiger partial charge on any atom is 0.309 e. The van der Waals surface area contributed by atoms with Gasteiger partial charge in [0.25, 0.3) is 5.91 Å². The average molecular weight is 344 g/mol. The Bertz CT molecular complexity index is 573. The van der Waals surface area contributed by atoms with Gasteiger partial charge in [-0.2, -0.15) is 0 Å². The maximum atomic E-state index is 13.0. The van der Waals surface area contributed by atoms with Gasteiger partial charge in [-0.05, 0) is 31.9 Å². The van der Waals surface area contributed by atoms with Crippen LogP contribution in [-0.4, -0.2) is 43.1 Å². The first kappa shape index (κ1) is 17.5. The molecule has 0 saturated carbocycles. The Kier molecular flexibility index (Phi) is 6.21. The summed E-state index contributed by atoms with van der Waals surface area (Å²) in [6.45, 7) is 2.99. The summed E-state index contributed by atoms with van der Waals surface area (Å²) in [6.07, 6.45) is 1.18. The van der Waals surface area contributed by atoms with Gasteiger partial charge in [0, 0.05) is 19.2 Å². The van der Waals surface area contributed by atoms with Crippen LogP contribution >= 0.6 is 11.6 Å². The van der Waals surface area contributed by atoms with Gasteiger partial charge >= 0.3 is 5.97 Å². The molecule has 0 unspecified atom stereocenters. The zero-order valence-electron chi connectivity index (χ0n) is 12.9. The number of benzene rings is 1. The molecule has 1 aromatic carbocycles. The number of esters is 1. The Labute approximate surface area is 139 Å². The first-order valence-corrected chi connectivity index (χ1v) is 7.91. The quantitative estimate of drug-likeness (QED) is 0.771. The number of carbonyl (C=O) groups is 2. The monoisotopic (exact) mass is 343 g/mol. The van der Waals surface area contributed by atoms with Gasteiger partial charge < -0.3 is 14.4 Å². The maximum absolute atomic E-state index is 13.0. The van der Waals surface area contributed by atoms with Crippen molar-refractivity contribution in [3.05, 3.63) is 29.0 Å². The molecule has 0 aliphatic carbocycles. The van der Waals surface area contributed by atoms with Gasteiger partial charge in [-0.3, -0.25) is 9.59 Å². The molecule has 0 N–H and O–H groups in total. The Balaban J connectivity index is 1.79. The van der Waals surface area contributed by atoms with Gasteiger partial charge in [0.2, 0.25) is 0 Å². The molecule has 1 heterocycles. The summed E-state index contributed by atoms with van der Waals surface area (Å²) in [6, 6.07) is 3.94. The molecule has 1 amide bonds. The second-order valence-electron chi connectivity index (χ2n) is 5.27. The third-order valence-electron chi connectivity index (χ3n) is 3.72. The Morgan fingerprint density at radius 2 is 2.04 bits per heavy atom. The van der Waals surface area contributed by atoms with E-state index in [9.17, 15) is 14.0 Å². The topological polar surface area (TPSA) is 55.8 Å². The van der Waals surface area contributed by atoms with Crippen LogP contribution in [0.5, 0.6) is 5.75 Å². The van der Waals surface area contributed by atoms with Gasteiger partial charge in [-0.25, -0.2) is 4.39 Å². The van der Waals surface area contributed by atoms with Crippen LogP contribution in [0.3, 0.4) is 0 Å². The van der Waals surface area contributed by atoms with Crippen LogP contribution < -0.4 is 4.74 Å². The number of hydrogen-bond donors (Lipinski definition) is 0. The number of hydrogen-bond acceptors (Lipinski definition) is 4. The van der Waals surface area contributed by atoms with Crippen molar-refractivity contribution in [1.82, 2.24) is 4.90 Å². The minimum atomic E-state index is -0.536. The highest BCUT2D eigenvalue weighted by atomic mass is 35.5. The number of piperidine rings is 1. The largest absolute Gasteiger partial charge is 0.484 e. The highest BCUT2D eigenvalue weighted by molar-refractivity contribution is 6.30. The molecule has 7 heteroatoms. The molecule has 23 heavy (non-hydrogen) atoms. The second kappa shape index (κ2) is 8.15. The fourth-order valence-electron chi connectivity index (χ4n) is 2.43. The lowest BCUT2D eigenvalue weighted by atomic mass is 9.97. The number of nitrogens with zero attached hydrogens (tertiary/aromatic N) is 1. The average Bonchev–Trinajstić information content (AvgIpc) is 2.56. The van der Waals surface area contributed by atoms with Crippen molar-refractivity contribution in [2.75, 3.05) is 26.3 Å². The molecule has 0 radical (unpaired) electrons. The van der Waals surface area contributed by atoms with E-state index in [1.165, 1.54) is 18.2 Å². The van der Waals surface area contributed by atoms with Crippen molar-refractivity contribution in [2.24, 2.45) is 5.92 Å². The molecule has 1 aliphatic rings. The van der Waals surface area contributed by atoms with Crippen molar-refractivity contribution < 1.29 is 23.5 Å². The van der Waals surface area contributed by atoms with E-state index in [1.807, 2.05) is 0 Å². The summed E-state index contributed by atoms with van der Waals surface area (Å²) >= 11 is 5.66. The molecule has 126 valence electrons. The van der Waals surface area contributed by atoms with E-state index in [1.54, 1.807) is 11.8 Å². The second-order valence-corrected chi connectivity index (χ2v) is 5.68. The van der Waals surface area contributed by atoms with Crippen LogP contribution in [0.2, 0.25) is 5.02 Å². The number of halogens is 2. The van der Waals surface area contributed by atoms with Crippen molar-refractivity contribution in [2.45, 2.75) is 19.8 Å². The lowest BCUT2D eigenvalue weighted by Gasteiger charge is -2.30. The summed E-state index contributed by atoms with van der Waals surface area (Å²) in [5.41, 5.74) is 0. The number of ether oxygens (including phenoxy) is 2. The van der Waals surface area contributed by atoms with Gasteiger partial charge in [0.1, 0.15) is 11.6 Å². The van der Waals surface area contributed by atoms with Crippen LogP contribution in [0.1, 0.15) is 19.8 Å². The first-order chi connectivity index (χ1) is 11.0. The van der Waals surface area contributed by atoms with Crippen molar-refractivity contribution in [3.8, 4) is 5.75 Å². The third kappa shape index (κ3) is 4.82. The van der Waals surface area contributed by atoms with E-state index in [0.717, 1.165) is 0 Å². The highest BCUT2D eigenvalue weighted by Gasteiger charge is 2.28. The van der Waals surface area contributed by atoms with Crippen LogP contribution in [0, 0.1) is 11.7 Å². The molecule has 1 saturated heterocycles. The van der Waals surface area contributed by atoms with Gasteiger partial charge in [0.15, 0.2) is 6.61 Å². The standard InChI is InChI=1S/C16H19ClFNO4/c1-2-22-16(21)11-5-7-19(8-6-11)15(20)10-23-12-3-4-14(18)13(17)9-12/h3-4,9,11H,2,5-8,10H2,1H3. The van der Waals surface area contributed by atoms with E-state index in [4.69, 9.17) is 21.1 Å². The fraction of sp³-hybridized carbons (Fsp3) is 0.500. The molecular formula is C16H19ClFNO4. The van der Waals surface area contributed by atoms with E-state index in [2.05, 4.69) is 0 Å². The zero-order valence-corrected chi connectivity index (χ0v) is 13.6. The predicted octanol–water partition coefficient (Wildman–Crippen LogP) is 2.66. The molecule has 0 aromatic heterocycles.